The molecule has 0 radical (unpaired) electrons. The van der Waals surface area contributed by atoms with Crippen molar-refractivity contribution >= 4 is 23.2 Å². The molecule has 6 heteroatoms. The number of hydrogen-bond donors (Lipinski definition) is 1. The second-order valence-corrected chi connectivity index (χ2v) is 9.78. The molecule has 1 N–H and O–H groups in total. The lowest BCUT2D eigenvalue weighted by Gasteiger charge is -2.41. The van der Waals surface area contributed by atoms with Gasteiger partial charge in [0.05, 0.1) is 11.1 Å². The van der Waals surface area contributed by atoms with Crippen LogP contribution in [0.2, 0.25) is 0 Å². The lowest BCUT2D eigenvalue weighted by molar-refractivity contribution is -0.139. The van der Waals surface area contributed by atoms with Crippen molar-refractivity contribution in [2.75, 3.05) is 29.9 Å². The van der Waals surface area contributed by atoms with E-state index < -0.39 is 0 Å². The topological polar surface area (TPSA) is 52.7 Å². The Morgan fingerprint density at radius 3 is 2.57 bits per heavy atom. The Labute approximate surface area is 178 Å². The quantitative estimate of drug-likeness (QED) is 0.800. The molecule has 4 fully saturated rings. The predicted molar refractivity (Wildman–Crippen MR) is 115 cm³/mol. The standard InChI is InChI=1S/C24H32FN3O2/c25-20-15-18(26-22(29)17-7-8-17)9-10-21(20)27-13-4-11-24(16-27)12-14-28(23(24)30)19-5-2-1-3-6-19/h9-10,15,17,19H,1-8,11-14,16H2,(H,26,29). The maximum atomic E-state index is 15.0. The Morgan fingerprint density at radius 2 is 1.83 bits per heavy atom. The number of halogens is 1. The van der Waals surface area contributed by atoms with Crippen LogP contribution in [0.5, 0.6) is 0 Å². The average Bonchev–Trinajstić information content (AvgIpc) is 3.56. The number of carbonyl (C=O) groups is 2. The Morgan fingerprint density at radius 1 is 1.03 bits per heavy atom. The van der Waals surface area contributed by atoms with Gasteiger partial charge in [0, 0.05) is 37.3 Å². The Balaban J connectivity index is 1.29. The van der Waals surface area contributed by atoms with Gasteiger partial charge in [0.2, 0.25) is 11.8 Å². The average molecular weight is 414 g/mol. The largest absolute Gasteiger partial charge is 0.368 e. The van der Waals surface area contributed by atoms with Gasteiger partial charge < -0.3 is 15.1 Å². The number of piperidine rings is 1. The zero-order valence-corrected chi connectivity index (χ0v) is 17.7. The molecule has 1 aromatic rings. The van der Waals surface area contributed by atoms with Crippen LogP contribution in [-0.2, 0) is 9.59 Å². The van der Waals surface area contributed by atoms with Crippen LogP contribution in [0.1, 0.15) is 64.2 Å². The molecule has 5 nitrogen and oxygen atoms in total. The van der Waals surface area contributed by atoms with Crippen molar-refractivity contribution < 1.29 is 14.0 Å². The second-order valence-electron chi connectivity index (χ2n) is 9.78. The summed E-state index contributed by atoms with van der Waals surface area (Å²) in [6.07, 6.45) is 10.5. The lowest BCUT2D eigenvalue weighted by Crippen LogP contribution is -2.50. The smallest absolute Gasteiger partial charge is 0.230 e. The van der Waals surface area contributed by atoms with Crippen LogP contribution in [0, 0.1) is 17.2 Å². The van der Waals surface area contributed by atoms with Gasteiger partial charge in [0.25, 0.3) is 0 Å². The molecule has 30 heavy (non-hydrogen) atoms. The molecule has 1 atom stereocenters. The van der Waals surface area contributed by atoms with Crippen LogP contribution < -0.4 is 10.2 Å². The van der Waals surface area contributed by atoms with E-state index in [1.165, 1.54) is 25.3 Å². The van der Waals surface area contributed by atoms with Gasteiger partial charge in [-0.1, -0.05) is 19.3 Å². The minimum atomic E-state index is -0.360. The van der Waals surface area contributed by atoms with E-state index in [4.69, 9.17) is 0 Å². The molecule has 0 bridgehead atoms. The van der Waals surface area contributed by atoms with Gasteiger partial charge in [-0.15, -0.1) is 0 Å². The lowest BCUT2D eigenvalue weighted by atomic mass is 9.78. The predicted octanol–water partition coefficient (Wildman–Crippen LogP) is 4.33. The molecule has 4 aliphatic rings. The van der Waals surface area contributed by atoms with Gasteiger partial charge in [-0.25, -0.2) is 4.39 Å². The molecular formula is C24H32FN3O2. The van der Waals surface area contributed by atoms with Crippen LogP contribution in [0.25, 0.3) is 0 Å². The van der Waals surface area contributed by atoms with Gasteiger partial charge in [-0.3, -0.25) is 9.59 Å². The van der Waals surface area contributed by atoms with Gasteiger partial charge in [-0.05, 0) is 63.1 Å². The van der Waals surface area contributed by atoms with Crippen LogP contribution in [0.4, 0.5) is 15.8 Å². The first-order valence-corrected chi connectivity index (χ1v) is 11.7. The summed E-state index contributed by atoms with van der Waals surface area (Å²) >= 11 is 0. The maximum absolute atomic E-state index is 15.0. The highest BCUT2D eigenvalue weighted by molar-refractivity contribution is 5.94. The van der Waals surface area contributed by atoms with Crippen molar-refractivity contribution in [2.24, 2.45) is 11.3 Å². The molecule has 2 amide bonds. The van der Waals surface area contributed by atoms with E-state index >= 15 is 0 Å². The molecule has 2 saturated carbocycles. The van der Waals surface area contributed by atoms with E-state index in [2.05, 4.69) is 10.2 Å². The van der Waals surface area contributed by atoms with E-state index in [1.807, 2.05) is 4.90 Å². The molecule has 162 valence electrons. The summed E-state index contributed by atoms with van der Waals surface area (Å²) in [6, 6.07) is 5.37. The highest BCUT2D eigenvalue weighted by atomic mass is 19.1. The summed E-state index contributed by atoms with van der Waals surface area (Å²) in [5.74, 6) is 0.0525. The van der Waals surface area contributed by atoms with Gasteiger partial charge in [0.1, 0.15) is 5.82 Å². The molecule has 5 rings (SSSR count). The fourth-order valence-corrected chi connectivity index (χ4v) is 5.74. The molecule has 0 aromatic heterocycles. The molecule has 1 unspecified atom stereocenters. The molecule has 2 aliphatic heterocycles. The zero-order chi connectivity index (χ0) is 20.7. The normalized spacial score (nSPS) is 27.7. The first kappa shape index (κ1) is 19.8. The van der Waals surface area contributed by atoms with Crippen molar-refractivity contribution in [3.05, 3.63) is 24.0 Å². The van der Waals surface area contributed by atoms with E-state index in [0.29, 0.717) is 29.9 Å². The first-order chi connectivity index (χ1) is 14.6. The Bertz CT molecular complexity index is 834. The van der Waals surface area contributed by atoms with Gasteiger partial charge >= 0.3 is 0 Å². The second kappa shape index (κ2) is 7.86. The monoisotopic (exact) mass is 413 g/mol. The molecule has 2 heterocycles. The number of rotatable bonds is 4. The van der Waals surface area contributed by atoms with Crippen molar-refractivity contribution in [1.29, 1.82) is 0 Å². The highest BCUT2D eigenvalue weighted by Gasteiger charge is 2.50. The van der Waals surface area contributed by atoms with Gasteiger partial charge in [-0.2, -0.15) is 0 Å². The van der Waals surface area contributed by atoms with Crippen LogP contribution in [0.3, 0.4) is 0 Å². The number of hydrogen-bond acceptors (Lipinski definition) is 3. The molecule has 1 aromatic carbocycles. The fraction of sp³-hybridized carbons (Fsp3) is 0.667. The maximum Gasteiger partial charge on any atom is 0.230 e. The van der Waals surface area contributed by atoms with E-state index in [9.17, 15) is 14.0 Å². The summed E-state index contributed by atoms with van der Waals surface area (Å²) in [6.45, 7) is 2.22. The third kappa shape index (κ3) is 3.69. The van der Waals surface area contributed by atoms with E-state index in [0.717, 1.165) is 58.0 Å². The third-order valence-corrected chi connectivity index (χ3v) is 7.64. The molecular weight excluding hydrogens is 381 g/mol. The summed E-state index contributed by atoms with van der Waals surface area (Å²) in [4.78, 5) is 29.6. The third-order valence-electron chi connectivity index (χ3n) is 7.64. The number of likely N-dealkylation sites (tertiary alicyclic amines) is 1. The first-order valence-electron chi connectivity index (χ1n) is 11.7. The van der Waals surface area contributed by atoms with Crippen molar-refractivity contribution in [1.82, 2.24) is 4.90 Å². The molecule has 2 aliphatic carbocycles. The SMILES string of the molecule is O=C(Nc1ccc(N2CCCC3(CCN(C4CCCCC4)C3=O)C2)c(F)c1)C1CC1. The minimum Gasteiger partial charge on any atom is -0.368 e. The number of anilines is 2. The summed E-state index contributed by atoms with van der Waals surface area (Å²) in [7, 11) is 0. The summed E-state index contributed by atoms with van der Waals surface area (Å²) in [5.41, 5.74) is 0.698. The van der Waals surface area contributed by atoms with E-state index in [-0.39, 0.29) is 23.1 Å². The number of carbonyl (C=O) groups excluding carboxylic acids is 2. The molecule has 1 spiro atoms. The number of amides is 2. The minimum absolute atomic E-state index is 0.0153. The van der Waals surface area contributed by atoms with Crippen molar-refractivity contribution in [3.63, 3.8) is 0 Å². The number of nitrogens with zero attached hydrogens (tertiary/aromatic N) is 2. The Hall–Kier alpha value is -2.11. The van der Waals surface area contributed by atoms with Crippen LogP contribution in [-0.4, -0.2) is 42.4 Å². The highest BCUT2D eigenvalue weighted by Crippen LogP contribution is 2.44. The van der Waals surface area contributed by atoms with Crippen LogP contribution >= 0.6 is 0 Å². The number of benzene rings is 1. The van der Waals surface area contributed by atoms with Gasteiger partial charge in [0.15, 0.2) is 0 Å². The van der Waals surface area contributed by atoms with E-state index in [1.54, 1.807) is 12.1 Å². The van der Waals surface area contributed by atoms with Crippen molar-refractivity contribution in [2.45, 2.75) is 70.3 Å². The Kier molecular flexibility index (Phi) is 5.19. The number of nitrogens with one attached hydrogen (secondary N) is 1. The summed E-state index contributed by atoms with van der Waals surface area (Å²) in [5, 5.41) is 2.81. The molecule has 2 saturated heterocycles. The van der Waals surface area contributed by atoms with Crippen molar-refractivity contribution in [3.8, 4) is 0 Å². The van der Waals surface area contributed by atoms with Crippen LogP contribution in [0.15, 0.2) is 18.2 Å². The zero-order valence-electron chi connectivity index (χ0n) is 17.7. The fourth-order valence-electron chi connectivity index (χ4n) is 5.74. The summed E-state index contributed by atoms with van der Waals surface area (Å²) < 4.78 is 15.0.